The van der Waals surface area contributed by atoms with Gasteiger partial charge in [0.25, 0.3) is 0 Å². The zero-order valence-corrected chi connectivity index (χ0v) is 15.3. The molecule has 0 bridgehead atoms. The molecule has 0 aliphatic heterocycles. The Bertz CT molecular complexity index is 952. The molecular weight excluding hydrogens is 348 g/mol. The highest BCUT2D eigenvalue weighted by Crippen LogP contribution is 2.25. The summed E-state index contributed by atoms with van der Waals surface area (Å²) in [6, 6.07) is 19.0. The molecule has 4 nitrogen and oxygen atoms in total. The Morgan fingerprint density at radius 1 is 1.08 bits per heavy atom. The minimum atomic E-state index is -0.316. The molecule has 0 saturated heterocycles. The number of hydrogen-bond acceptors (Lipinski definition) is 3. The van der Waals surface area contributed by atoms with Crippen molar-refractivity contribution < 1.29 is 9.53 Å². The van der Waals surface area contributed by atoms with E-state index in [4.69, 9.17) is 16.3 Å². The number of hydrogen-bond donors (Lipinski definition) is 1. The monoisotopic (exact) mass is 366 g/mol. The summed E-state index contributed by atoms with van der Waals surface area (Å²) in [5.74, 6) is 0.333. The van der Waals surface area contributed by atoms with Gasteiger partial charge < -0.3 is 4.74 Å². The quantitative estimate of drug-likeness (QED) is 0.523. The van der Waals surface area contributed by atoms with Gasteiger partial charge in [-0.05, 0) is 53.1 Å². The molecule has 0 aliphatic carbocycles. The number of carbonyl (C=O) groups is 1. The molecule has 3 aromatic carbocycles. The summed E-state index contributed by atoms with van der Waals surface area (Å²) in [6.07, 6.45) is 1.59. The van der Waals surface area contributed by atoms with Crippen molar-refractivity contribution in [2.24, 2.45) is 5.10 Å². The SMILES string of the molecule is COc1ccc2cc([C@H](C)C(=O)N/N=C/c3ccc(Cl)cc3)ccc2c1. The van der Waals surface area contributed by atoms with Crippen LogP contribution in [0.1, 0.15) is 24.0 Å². The molecule has 0 aliphatic rings. The van der Waals surface area contributed by atoms with E-state index in [1.807, 2.05) is 55.5 Å². The van der Waals surface area contributed by atoms with Crippen LogP contribution in [0.25, 0.3) is 10.8 Å². The Morgan fingerprint density at radius 2 is 1.77 bits per heavy atom. The van der Waals surface area contributed by atoms with Crippen molar-refractivity contribution in [1.29, 1.82) is 0 Å². The Morgan fingerprint density at radius 3 is 2.50 bits per heavy atom. The van der Waals surface area contributed by atoms with Gasteiger partial charge in [-0.15, -0.1) is 0 Å². The van der Waals surface area contributed by atoms with Crippen LogP contribution in [0.5, 0.6) is 5.75 Å². The van der Waals surface area contributed by atoms with Crippen LogP contribution in [0.2, 0.25) is 5.02 Å². The number of fused-ring (bicyclic) bond motifs is 1. The molecule has 0 unspecified atom stereocenters. The number of hydrazone groups is 1. The molecule has 1 amide bonds. The Balaban J connectivity index is 1.69. The third kappa shape index (κ3) is 4.21. The van der Waals surface area contributed by atoms with Crippen LogP contribution in [-0.2, 0) is 4.79 Å². The van der Waals surface area contributed by atoms with Crippen molar-refractivity contribution in [1.82, 2.24) is 5.43 Å². The smallest absolute Gasteiger partial charge is 0.247 e. The fourth-order valence-corrected chi connectivity index (χ4v) is 2.73. The number of ether oxygens (including phenoxy) is 1. The van der Waals surface area contributed by atoms with E-state index in [9.17, 15) is 4.79 Å². The van der Waals surface area contributed by atoms with Gasteiger partial charge >= 0.3 is 0 Å². The highest BCUT2D eigenvalue weighted by atomic mass is 35.5. The highest BCUT2D eigenvalue weighted by Gasteiger charge is 2.15. The molecular formula is C21H19ClN2O2. The number of halogens is 1. The lowest BCUT2D eigenvalue weighted by Crippen LogP contribution is -2.23. The van der Waals surface area contributed by atoms with Gasteiger partial charge in [-0.1, -0.05) is 48.0 Å². The van der Waals surface area contributed by atoms with Gasteiger partial charge in [-0.3, -0.25) is 4.79 Å². The molecule has 0 saturated carbocycles. The van der Waals surface area contributed by atoms with Crippen LogP contribution < -0.4 is 10.2 Å². The summed E-state index contributed by atoms with van der Waals surface area (Å²) >= 11 is 5.84. The van der Waals surface area contributed by atoms with Crippen LogP contribution in [0.15, 0.2) is 65.8 Å². The van der Waals surface area contributed by atoms with Crippen molar-refractivity contribution in [2.75, 3.05) is 7.11 Å². The van der Waals surface area contributed by atoms with E-state index in [0.29, 0.717) is 5.02 Å². The second-order valence-corrected chi connectivity index (χ2v) is 6.42. The standard InChI is InChI=1S/C21H19ClN2O2/c1-14(21(25)24-23-13-15-3-8-19(22)9-4-15)16-5-6-18-12-20(26-2)10-7-17(18)11-16/h3-14H,1-2H3,(H,24,25)/b23-13+/t14-/m0/s1. The second-order valence-electron chi connectivity index (χ2n) is 5.98. The molecule has 0 fully saturated rings. The van der Waals surface area contributed by atoms with Crippen LogP contribution in [0.4, 0.5) is 0 Å². The van der Waals surface area contributed by atoms with Crippen molar-refractivity contribution in [3.63, 3.8) is 0 Å². The number of nitrogens with one attached hydrogen (secondary N) is 1. The molecule has 1 atom stereocenters. The Kier molecular flexibility index (Phi) is 5.54. The third-order valence-electron chi connectivity index (χ3n) is 4.22. The van der Waals surface area contributed by atoms with E-state index in [1.54, 1.807) is 25.5 Å². The third-order valence-corrected chi connectivity index (χ3v) is 4.48. The average molecular weight is 367 g/mol. The molecule has 3 aromatic rings. The maximum absolute atomic E-state index is 12.4. The van der Waals surface area contributed by atoms with Crippen LogP contribution >= 0.6 is 11.6 Å². The molecule has 0 heterocycles. The van der Waals surface area contributed by atoms with Gasteiger partial charge in [-0.2, -0.15) is 5.10 Å². The fraction of sp³-hybridized carbons (Fsp3) is 0.143. The van der Waals surface area contributed by atoms with Gasteiger partial charge in [0, 0.05) is 5.02 Å². The van der Waals surface area contributed by atoms with E-state index in [0.717, 1.165) is 27.6 Å². The first kappa shape index (κ1) is 18.0. The first-order chi connectivity index (χ1) is 12.6. The summed E-state index contributed by atoms with van der Waals surface area (Å²) in [4.78, 5) is 12.4. The average Bonchev–Trinajstić information content (AvgIpc) is 2.68. The lowest BCUT2D eigenvalue weighted by Gasteiger charge is -2.11. The van der Waals surface area contributed by atoms with Crippen LogP contribution in [-0.4, -0.2) is 19.2 Å². The molecule has 132 valence electrons. The summed E-state index contributed by atoms with van der Waals surface area (Å²) in [5, 5.41) is 6.81. The molecule has 1 N–H and O–H groups in total. The lowest BCUT2D eigenvalue weighted by atomic mass is 9.97. The molecule has 3 rings (SSSR count). The largest absolute Gasteiger partial charge is 0.497 e. The summed E-state index contributed by atoms with van der Waals surface area (Å²) in [6.45, 7) is 1.86. The number of amides is 1. The van der Waals surface area contributed by atoms with E-state index < -0.39 is 0 Å². The number of rotatable bonds is 5. The zero-order valence-electron chi connectivity index (χ0n) is 14.6. The molecule has 26 heavy (non-hydrogen) atoms. The highest BCUT2D eigenvalue weighted by molar-refractivity contribution is 6.30. The van der Waals surface area contributed by atoms with Gasteiger partial charge in [0.2, 0.25) is 5.91 Å². The van der Waals surface area contributed by atoms with Gasteiger partial charge in [-0.25, -0.2) is 5.43 Å². The predicted molar refractivity (Wildman–Crippen MR) is 106 cm³/mol. The van der Waals surface area contributed by atoms with Crippen molar-refractivity contribution in [2.45, 2.75) is 12.8 Å². The van der Waals surface area contributed by atoms with Gasteiger partial charge in [0.1, 0.15) is 5.75 Å². The van der Waals surface area contributed by atoms with Gasteiger partial charge in [0.05, 0.1) is 19.2 Å². The predicted octanol–water partition coefficient (Wildman–Crippen LogP) is 4.76. The lowest BCUT2D eigenvalue weighted by molar-refractivity contribution is -0.122. The Hall–Kier alpha value is -2.85. The van der Waals surface area contributed by atoms with E-state index in [-0.39, 0.29) is 11.8 Å². The van der Waals surface area contributed by atoms with E-state index in [1.165, 1.54) is 0 Å². The summed E-state index contributed by atoms with van der Waals surface area (Å²) in [7, 11) is 1.65. The molecule has 0 radical (unpaired) electrons. The topological polar surface area (TPSA) is 50.7 Å². The Labute approximate surface area is 157 Å². The van der Waals surface area contributed by atoms with Crippen molar-refractivity contribution in [3.8, 4) is 5.75 Å². The van der Waals surface area contributed by atoms with Crippen molar-refractivity contribution in [3.05, 3.63) is 76.8 Å². The van der Waals surface area contributed by atoms with Crippen molar-refractivity contribution >= 4 is 34.5 Å². The van der Waals surface area contributed by atoms with E-state index in [2.05, 4.69) is 10.5 Å². The number of methoxy groups -OCH3 is 1. The minimum absolute atomic E-state index is 0.164. The zero-order chi connectivity index (χ0) is 18.5. The number of benzene rings is 3. The fourth-order valence-electron chi connectivity index (χ4n) is 2.61. The first-order valence-corrected chi connectivity index (χ1v) is 8.61. The summed E-state index contributed by atoms with van der Waals surface area (Å²) < 4.78 is 5.24. The first-order valence-electron chi connectivity index (χ1n) is 8.23. The van der Waals surface area contributed by atoms with Crippen LogP contribution in [0.3, 0.4) is 0 Å². The number of nitrogens with zero attached hydrogens (tertiary/aromatic N) is 1. The normalized spacial score (nSPS) is 12.3. The second kappa shape index (κ2) is 8.02. The van der Waals surface area contributed by atoms with Crippen LogP contribution in [0, 0.1) is 0 Å². The van der Waals surface area contributed by atoms with Gasteiger partial charge in [0.15, 0.2) is 0 Å². The molecule has 5 heteroatoms. The molecule has 0 aromatic heterocycles. The van der Waals surface area contributed by atoms with E-state index >= 15 is 0 Å². The maximum Gasteiger partial charge on any atom is 0.247 e. The molecule has 0 spiro atoms. The minimum Gasteiger partial charge on any atom is -0.497 e. The summed E-state index contributed by atoms with van der Waals surface area (Å²) in [5.41, 5.74) is 4.38. The maximum atomic E-state index is 12.4. The number of carbonyl (C=O) groups excluding carboxylic acids is 1.